The molecule has 0 aliphatic rings. The second kappa shape index (κ2) is 10.1. The van der Waals surface area contributed by atoms with Gasteiger partial charge >= 0.3 is 0 Å². The van der Waals surface area contributed by atoms with Crippen molar-refractivity contribution in [1.82, 2.24) is 9.55 Å². The maximum absolute atomic E-state index is 5.14. The van der Waals surface area contributed by atoms with Gasteiger partial charge in [0.15, 0.2) is 0 Å². The number of pyridine rings is 1. The third-order valence-corrected chi connectivity index (χ3v) is 6.89. The van der Waals surface area contributed by atoms with Crippen LogP contribution in [-0.4, -0.2) is 9.55 Å². The van der Waals surface area contributed by atoms with E-state index in [1.807, 2.05) is 0 Å². The molecule has 6 rings (SSSR count). The summed E-state index contributed by atoms with van der Waals surface area (Å²) in [6.07, 6.45) is 5.18. The minimum atomic E-state index is 0.763. The van der Waals surface area contributed by atoms with Crippen molar-refractivity contribution in [2.24, 2.45) is 0 Å². The molecule has 0 aliphatic carbocycles. The first-order chi connectivity index (χ1) is 18.3. The van der Waals surface area contributed by atoms with Crippen LogP contribution in [0.25, 0.3) is 33.4 Å². The molecule has 0 saturated carbocycles. The smallest absolute Gasteiger partial charge is 0.137 e. The topological polar surface area (TPSA) is 17.8 Å². The molecule has 0 unspecified atom stereocenters. The summed E-state index contributed by atoms with van der Waals surface area (Å²) in [7, 11) is 0. The summed E-state index contributed by atoms with van der Waals surface area (Å²) in [6, 6.07) is 44.7. The molecule has 0 atom stereocenters. The van der Waals surface area contributed by atoms with Crippen LogP contribution in [0.1, 0.15) is 29.3 Å². The Hall–Kier alpha value is -4.69. The lowest BCUT2D eigenvalue weighted by Gasteiger charge is -2.14. The van der Waals surface area contributed by atoms with E-state index in [-0.39, 0.29) is 0 Å². The summed E-state index contributed by atoms with van der Waals surface area (Å²) in [5, 5.41) is 1.23. The van der Waals surface area contributed by atoms with E-state index in [9.17, 15) is 0 Å². The Labute approximate surface area is 218 Å². The lowest BCUT2D eigenvalue weighted by atomic mass is 9.92. The minimum Gasteiger partial charge on any atom is -0.301 e. The highest BCUT2D eigenvalue weighted by Gasteiger charge is 2.14. The van der Waals surface area contributed by atoms with Crippen molar-refractivity contribution in [3.05, 3.63) is 162 Å². The van der Waals surface area contributed by atoms with E-state index in [1.54, 1.807) is 0 Å². The Kier molecular flexibility index (Phi) is 6.22. The number of para-hydroxylation sites is 1. The number of hydrogen-bond donors (Lipinski definition) is 0. The SMILES string of the molecule is C/C=C(/c1ccccc1)c1ccccc1Cc1cccc(-n2cc(-c3ccccc3)c3ccccc32)n1. The Balaban J connectivity index is 1.39. The second-order valence-corrected chi connectivity index (χ2v) is 9.19. The summed E-state index contributed by atoms with van der Waals surface area (Å²) >= 11 is 0. The molecule has 37 heavy (non-hydrogen) atoms. The van der Waals surface area contributed by atoms with Crippen LogP contribution in [0.3, 0.4) is 0 Å². The lowest BCUT2D eigenvalue weighted by Crippen LogP contribution is -2.02. The Bertz CT molecular complexity index is 1690. The van der Waals surface area contributed by atoms with Crippen LogP contribution in [0.2, 0.25) is 0 Å². The highest BCUT2D eigenvalue weighted by atomic mass is 15.1. The predicted molar refractivity (Wildman–Crippen MR) is 155 cm³/mol. The van der Waals surface area contributed by atoms with E-state index in [4.69, 9.17) is 4.98 Å². The first-order valence-electron chi connectivity index (χ1n) is 12.7. The molecule has 0 radical (unpaired) electrons. The van der Waals surface area contributed by atoms with E-state index < -0.39 is 0 Å². The molecule has 0 spiro atoms. The van der Waals surface area contributed by atoms with Crippen molar-refractivity contribution >= 4 is 16.5 Å². The van der Waals surface area contributed by atoms with Gasteiger partial charge in [-0.15, -0.1) is 0 Å². The molecule has 0 bridgehead atoms. The molecular weight excluding hydrogens is 448 g/mol. The number of benzene rings is 4. The van der Waals surface area contributed by atoms with Crippen molar-refractivity contribution in [2.45, 2.75) is 13.3 Å². The summed E-state index contributed by atoms with van der Waals surface area (Å²) in [5.74, 6) is 0.933. The van der Waals surface area contributed by atoms with Crippen LogP contribution in [0.4, 0.5) is 0 Å². The van der Waals surface area contributed by atoms with Gasteiger partial charge in [-0.3, -0.25) is 0 Å². The molecule has 0 fully saturated rings. The number of nitrogens with zero attached hydrogens (tertiary/aromatic N) is 2. The molecule has 0 aliphatic heterocycles. The van der Waals surface area contributed by atoms with E-state index in [0.29, 0.717) is 0 Å². The summed E-state index contributed by atoms with van der Waals surface area (Å²) < 4.78 is 2.22. The average Bonchev–Trinajstić information content (AvgIpc) is 3.35. The van der Waals surface area contributed by atoms with Crippen molar-refractivity contribution in [1.29, 1.82) is 0 Å². The first kappa shape index (κ1) is 22.8. The van der Waals surface area contributed by atoms with Crippen LogP contribution >= 0.6 is 0 Å². The minimum absolute atomic E-state index is 0.763. The standard InChI is InChI=1S/C35H28N2/c1-2-30(26-14-5-3-6-15-26)31-20-10-9-18-28(31)24-29-19-13-23-35(36-29)37-25-33(27-16-7-4-8-17-27)32-21-11-12-22-34(32)37/h2-23,25H,24H2,1H3/b30-2-. The van der Waals surface area contributed by atoms with Gasteiger partial charge in [-0.1, -0.05) is 115 Å². The molecule has 2 nitrogen and oxygen atoms in total. The van der Waals surface area contributed by atoms with Crippen LogP contribution in [0.15, 0.2) is 140 Å². The third kappa shape index (κ3) is 4.50. The summed E-state index contributed by atoms with van der Waals surface area (Å²) in [6.45, 7) is 2.11. The summed E-state index contributed by atoms with van der Waals surface area (Å²) in [4.78, 5) is 5.14. The van der Waals surface area contributed by atoms with Gasteiger partial charge in [0.1, 0.15) is 5.82 Å². The first-order valence-corrected chi connectivity index (χ1v) is 12.7. The van der Waals surface area contributed by atoms with Crippen molar-refractivity contribution in [2.75, 3.05) is 0 Å². The monoisotopic (exact) mass is 476 g/mol. The molecule has 6 aromatic rings. The van der Waals surface area contributed by atoms with Crippen molar-refractivity contribution in [3.8, 4) is 16.9 Å². The third-order valence-electron chi connectivity index (χ3n) is 6.89. The number of hydrogen-bond acceptors (Lipinski definition) is 1. The molecular formula is C35H28N2. The van der Waals surface area contributed by atoms with Crippen LogP contribution < -0.4 is 0 Å². The van der Waals surface area contributed by atoms with E-state index in [1.165, 1.54) is 38.8 Å². The molecule has 178 valence electrons. The quantitative estimate of drug-likeness (QED) is 0.235. The molecule has 2 heterocycles. The average molecular weight is 477 g/mol. The zero-order valence-corrected chi connectivity index (χ0v) is 20.9. The fourth-order valence-corrected chi connectivity index (χ4v) is 5.14. The van der Waals surface area contributed by atoms with Crippen LogP contribution in [0.5, 0.6) is 0 Å². The van der Waals surface area contributed by atoms with Gasteiger partial charge in [-0.25, -0.2) is 4.98 Å². The molecule has 2 heteroatoms. The van der Waals surface area contributed by atoms with Gasteiger partial charge in [0.2, 0.25) is 0 Å². The normalized spacial score (nSPS) is 11.6. The second-order valence-electron chi connectivity index (χ2n) is 9.19. The predicted octanol–water partition coefficient (Wildman–Crippen LogP) is 8.73. The van der Waals surface area contributed by atoms with Crippen molar-refractivity contribution in [3.63, 3.8) is 0 Å². The zero-order valence-electron chi connectivity index (χ0n) is 20.9. The maximum atomic E-state index is 5.14. The molecule has 2 aromatic heterocycles. The van der Waals surface area contributed by atoms with Crippen molar-refractivity contribution < 1.29 is 0 Å². The molecule has 0 saturated heterocycles. The van der Waals surface area contributed by atoms with Gasteiger partial charge in [0, 0.05) is 29.3 Å². The summed E-state index contributed by atoms with van der Waals surface area (Å²) in [5.41, 5.74) is 9.63. The number of aromatic nitrogens is 2. The largest absolute Gasteiger partial charge is 0.301 e. The van der Waals surface area contributed by atoms with Crippen LogP contribution in [0, 0.1) is 0 Å². The number of fused-ring (bicyclic) bond motifs is 1. The van der Waals surface area contributed by atoms with E-state index in [0.717, 1.165) is 23.4 Å². The molecule has 4 aromatic carbocycles. The van der Waals surface area contributed by atoms with Crippen LogP contribution in [-0.2, 0) is 6.42 Å². The molecule has 0 N–H and O–H groups in total. The Morgan fingerprint density at radius 3 is 2.22 bits per heavy atom. The van der Waals surface area contributed by atoms with Gasteiger partial charge in [-0.05, 0) is 52.9 Å². The Morgan fingerprint density at radius 1 is 0.703 bits per heavy atom. The number of allylic oxidation sites excluding steroid dienone is 1. The van der Waals surface area contributed by atoms with E-state index >= 15 is 0 Å². The zero-order chi connectivity index (χ0) is 25.0. The van der Waals surface area contributed by atoms with Gasteiger partial charge in [-0.2, -0.15) is 0 Å². The fourth-order valence-electron chi connectivity index (χ4n) is 5.14. The van der Waals surface area contributed by atoms with Gasteiger partial charge in [0.25, 0.3) is 0 Å². The Morgan fingerprint density at radius 2 is 1.41 bits per heavy atom. The highest BCUT2D eigenvalue weighted by molar-refractivity contribution is 5.97. The van der Waals surface area contributed by atoms with E-state index in [2.05, 4.69) is 151 Å². The maximum Gasteiger partial charge on any atom is 0.137 e. The van der Waals surface area contributed by atoms with Gasteiger partial charge in [0.05, 0.1) is 5.52 Å². The number of rotatable bonds is 6. The highest BCUT2D eigenvalue weighted by Crippen LogP contribution is 2.32. The fraction of sp³-hybridized carbons (Fsp3) is 0.0571. The lowest BCUT2D eigenvalue weighted by molar-refractivity contribution is 0.983. The molecule has 0 amide bonds. The van der Waals surface area contributed by atoms with Gasteiger partial charge < -0.3 is 4.57 Å².